The summed E-state index contributed by atoms with van der Waals surface area (Å²) in [6.45, 7) is 0. The summed E-state index contributed by atoms with van der Waals surface area (Å²) < 4.78 is 97.1. The minimum atomic E-state index is -4.85. The Morgan fingerprint density at radius 1 is 0.875 bits per heavy atom. The van der Waals surface area contributed by atoms with Crippen LogP contribution >= 0.6 is 0 Å². The molecule has 3 rings (SSSR count). The number of hydrogen-bond donors (Lipinski definition) is 0. The number of pyridine rings is 1. The quantitative estimate of drug-likeness (QED) is 0.474. The van der Waals surface area contributed by atoms with Crippen LogP contribution in [0, 0.1) is 23.0 Å². The molecule has 1 heterocycles. The third-order valence-corrected chi connectivity index (χ3v) is 4.29. The highest BCUT2D eigenvalue weighted by atomic mass is 19.4. The second-order valence-electron chi connectivity index (χ2n) is 6.36. The van der Waals surface area contributed by atoms with Crippen LogP contribution < -0.4 is 4.74 Å². The van der Waals surface area contributed by atoms with Crippen molar-refractivity contribution in [3.63, 3.8) is 0 Å². The van der Waals surface area contributed by atoms with Crippen molar-refractivity contribution in [1.29, 1.82) is 5.26 Å². The maximum absolute atomic E-state index is 14.9. The Hall–Kier alpha value is -3.65. The Balaban J connectivity index is 0.00000363. The second-order valence-corrected chi connectivity index (χ2v) is 6.36. The summed E-state index contributed by atoms with van der Waals surface area (Å²) in [5.41, 5.74) is -0.832. The van der Waals surface area contributed by atoms with Gasteiger partial charge in [0.15, 0.2) is 0 Å². The van der Waals surface area contributed by atoms with Crippen molar-refractivity contribution in [3.05, 3.63) is 83.7 Å². The van der Waals surface area contributed by atoms with Crippen LogP contribution in [0.5, 0.6) is 5.75 Å². The Bertz CT molecular complexity index is 1110. The number of aromatic nitrogens is 1. The van der Waals surface area contributed by atoms with Gasteiger partial charge >= 0.3 is 12.3 Å². The fraction of sp³-hybridized carbons (Fsp3) is 0.143. The first-order chi connectivity index (χ1) is 14.5. The summed E-state index contributed by atoms with van der Waals surface area (Å²) in [5.74, 6) is -8.88. The van der Waals surface area contributed by atoms with Crippen molar-refractivity contribution < 1.29 is 40.9 Å². The molecule has 0 saturated heterocycles. The predicted octanol–water partition coefficient (Wildman–Crippen LogP) is 5.50. The van der Waals surface area contributed by atoms with Crippen LogP contribution in [-0.2, 0) is 5.92 Å². The lowest BCUT2D eigenvalue weighted by molar-refractivity contribution is -0.274. The molecule has 0 radical (unpaired) electrons. The predicted molar refractivity (Wildman–Crippen MR) is 98.6 cm³/mol. The molecule has 11 heteroatoms. The van der Waals surface area contributed by atoms with E-state index in [9.17, 15) is 36.0 Å². The van der Waals surface area contributed by atoms with Crippen LogP contribution in [0.3, 0.4) is 0 Å². The maximum atomic E-state index is 14.9. The van der Waals surface area contributed by atoms with E-state index < -0.39 is 46.8 Å². The van der Waals surface area contributed by atoms with Gasteiger partial charge in [-0.15, -0.1) is 13.2 Å². The van der Waals surface area contributed by atoms with E-state index in [-0.39, 0.29) is 5.48 Å². The highest BCUT2D eigenvalue weighted by molar-refractivity contribution is 5.63. The van der Waals surface area contributed by atoms with E-state index in [1.807, 2.05) is 0 Å². The first kappa shape index (κ1) is 24.6. The SMILES string of the molecule is N#CC(c1ccc(F)cc1F)C(F)(F)c1ccc(-c2ccc(OC(F)(F)F)cc2)cn1.O. The first-order valence-corrected chi connectivity index (χ1v) is 8.56. The lowest BCUT2D eigenvalue weighted by Gasteiger charge is -2.22. The van der Waals surface area contributed by atoms with E-state index in [1.54, 1.807) is 0 Å². The second kappa shape index (κ2) is 9.23. The van der Waals surface area contributed by atoms with Crippen LogP contribution in [0.1, 0.15) is 17.2 Å². The molecule has 168 valence electrons. The van der Waals surface area contributed by atoms with Crippen LogP contribution in [0.15, 0.2) is 60.8 Å². The Labute approximate surface area is 176 Å². The number of ether oxygens (including phenoxy) is 1. The summed E-state index contributed by atoms with van der Waals surface area (Å²) in [7, 11) is 0. The number of alkyl halides is 5. The number of nitriles is 1. The van der Waals surface area contributed by atoms with Crippen molar-refractivity contribution in [2.24, 2.45) is 0 Å². The van der Waals surface area contributed by atoms with Crippen LogP contribution in [0.25, 0.3) is 11.1 Å². The lowest BCUT2D eigenvalue weighted by Crippen LogP contribution is -2.25. The number of hydrogen-bond acceptors (Lipinski definition) is 3. The number of nitrogens with zero attached hydrogens (tertiary/aromatic N) is 2. The average molecular weight is 458 g/mol. The minimum Gasteiger partial charge on any atom is -0.412 e. The van der Waals surface area contributed by atoms with Crippen molar-refractivity contribution in [2.45, 2.75) is 18.2 Å². The van der Waals surface area contributed by atoms with Crippen LogP contribution in [0.2, 0.25) is 0 Å². The fourth-order valence-electron chi connectivity index (χ4n) is 2.84. The zero-order valence-corrected chi connectivity index (χ0v) is 15.8. The Morgan fingerprint density at radius 2 is 1.50 bits per heavy atom. The zero-order valence-electron chi connectivity index (χ0n) is 15.8. The van der Waals surface area contributed by atoms with Crippen molar-refractivity contribution in [3.8, 4) is 22.9 Å². The summed E-state index contributed by atoms with van der Waals surface area (Å²) >= 11 is 0. The fourth-order valence-corrected chi connectivity index (χ4v) is 2.84. The minimum absolute atomic E-state index is 0. The lowest BCUT2D eigenvalue weighted by atomic mass is 9.91. The Kier molecular flexibility index (Phi) is 7.10. The van der Waals surface area contributed by atoms with Crippen LogP contribution in [0.4, 0.5) is 30.7 Å². The van der Waals surface area contributed by atoms with Gasteiger partial charge in [0.1, 0.15) is 29.0 Å². The van der Waals surface area contributed by atoms with Gasteiger partial charge in [-0.05, 0) is 29.8 Å². The normalized spacial score (nSPS) is 12.4. The molecule has 2 N–H and O–H groups in total. The highest BCUT2D eigenvalue weighted by Gasteiger charge is 2.45. The van der Waals surface area contributed by atoms with Gasteiger partial charge in [0.05, 0.1) is 6.07 Å². The molecule has 1 atom stereocenters. The molecule has 1 aromatic heterocycles. The number of halogens is 7. The molecule has 0 amide bonds. The van der Waals surface area contributed by atoms with Crippen LogP contribution in [-0.4, -0.2) is 16.8 Å². The van der Waals surface area contributed by atoms with Crippen molar-refractivity contribution in [2.75, 3.05) is 0 Å². The number of benzene rings is 2. The maximum Gasteiger partial charge on any atom is 0.573 e. The van der Waals surface area contributed by atoms with E-state index in [0.29, 0.717) is 17.2 Å². The zero-order chi connectivity index (χ0) is 22.8. The monoisotopic (exact) mass is 458 g/mol. The van der Waals surface area contributed by atoms with Gasteiger partial charge in [0.25, 0.3) is 0 Å². The summed E-state index contributed by atoms with van der Waals surface area (Å²) in [6, 6.07) is 10.1. The van der Waals surface area contributed by atoms with Gasteiger partial charge in [0.2, 0.25) is 0 Å². The molecule has 0 aliphatic rings. The van der Waals surface area contributed by atoms with E-state index in [1.165, 1.54) is 24.3 Å². The third kappa shape index (κ3) is 5.33. The van der Waals surface area contributed by atoms with Gasteiger partial charge < -0.3 is 10.2 Å². The van der Waals surface area contributed by atoms with E-state index in [2.05, 4.69) is 9.72 Å². The van der Waals surface area contributed by atoms with E-state index >= 15 is 0 Å². The molecule has 32 heavy (non-hydrogen) atoms. The Morgan fingerprint density at radius 3 is 2.00 bits per heavy atom. The molecule has 2 aromatic carbocycles. The van der Waals surface area contributed by atoms with Gasteiger partial charge in [-0.25, -0.2) is 8.78 Å². The standard InChI is InChI=1S/C21H11F7N2O.H2O/c22-14-4-7-16(18(23)9-14)17(10-29)20(24,25)19-8-3-13(11-30-19)12-1-5-15(6-2-12)31-21(26,27)28;/h1-9,11,17H;1H2. The van der Waals surface area contributed by atoms with Gasteiger partial charge in [-0.1, -0.05) is 24.3 Å². The van der Waals surface area contributed by atoms with Gasteiger partial charge in [-0.3, -0.25) is 4.98 Å². The molecular formula is C21H13F7N2O2. The van der Waals surface area contributed by atoms with Gasteiger partial charge in [0, 0.05) is 23.4 Å². The average Bonchev–Trinajstić information content (AvgIpc) is 2.69. The topological polar surface area (TPSA) is 77.4 Å². The van der Waals surface area contributed by atoms with Crippen molar-refractivity contribution in [1.82, 2.24) is 4.98 Å². The highest BCUT2D eigenvalue weighted by Crippen LogP contribution is 2.42. The first-order valence-electron chi connectivity index (χ1n) is 8.56. The molecule has 1 unspecified atom stereocenters. The van der Waals surface area contributed by atoms with Gasteiger partial charge in [-0.2, -0.15) is 14.0 Å². The summed E-state index contributed by atoms with van der Waals surface area (Å²) in [5, 5.41) is 9.20. The summed E-state index contributed by atoms with van der Waals surface area (Å²) in [6.07, 6.45) is -3.81. The molecule has 0 aliphatic heterocycles. The van der Waals surface area contributed by atoms with Crippen molar-refractivity contribution >= 4 is 0 Å². The smallest absolute Gasteiger partial charge is 0.412 e. The molecule has 0 fully saturated rings. The molecular weight excluding hydrogens is 445 g/mol. The molecule has 0 saturated carbocycles. The molecule has 4 nitrogen and oxygen atoms in total. The van der Waals surface area contributed by atoms with E-state index in [4.69, 9.17) is 0 Å². The van der Waals surface area contributed by atoms with E-state index in [0.717, 1.165) is 36.5 Å². The largest absolute Gasteiger partial charge is 0.573 e. The third-order valence-electron chi connectivity index (χ3n) is 4.29. The summed E-state index contributed by atoms with van der Waals surface area (Å²) in [4.78, 5) is 3.64. The molecule has 0 bridgehead atoms. The molecule has 3 aromatic rings. The molecule has 0 aliphatic carbocycles. The number of rotatable bonds is 5. The molecule has 0 spiro atoms.